The van der Waals surface area contributed by atoms with E-state index in [4.69, 9.17) is 5.73 Å². The van der Waals surface area contributed by atoms with Crippen LogP contribution in [0.4, 0.5) is 0 Å². The Kier molecular flexibility index (Phi) is 6.20. The second kappa shape index (κ2) is 7.92. The highest BCUT2D eigenvalue weighted by Crippen LogP contribution is 2.36. The van der Waals surface area contributed by atoms with Crippen molar-refractivity contribution >= 4 is 18.3 Å². The third-order valence-corrected chi connectivity index (χ3v) is 5.03. The molecule has 3 atom stereocenters. The van der Waals surface area contributed by atoms with Gasteiger partial charge in [0, 0.05) is 13.1 Å². The monoisotopic (exact) mass is 327 g/mol. The van der Waals surface area contributed by atoms with Crippen LogP contribution in [-0.4, -0.2) is 44.9 Å². The first-order chi connectivity index (χ1) is 10.2. The summed E-state index contributed by atoms with van der Waals surface area (Å²) in [6.07, 6.45) is 10.3. The number of nitrogens with zero attached hydrogens (tertiary/aromatic N) is 4. The van der Waals surface area contributed by atoms with E-state index in [0.29, 0.717) is 18.9 Å². The Labute approximate surface area is 137 Å². The van der Waals surface area contributed by atoms with Gasteiger partial charge in [0.25, 0.3) is 0 Å². The summed E-state index contributed by atoms with van der Waals surface area (Å²) in [5, 5.41) is 8.08. The SMILES string of the molecule is Cl.NC(CCn1nccn1)C(=O)N1CC[C@H]2CCCC[C@H]2C1. The van der Waals surface area contributed by atoms with Crippen molar-refractivity contribution in [3.8, 4) is 0 Å². The fraction of sp³-hybridized carbons (Fsp3) is 0.800. The molecule has 1 aromatic rings. The minimum atomic E-state index is -0.434. The van der Waals surface area contributed by atoms with Crippen LogP contribution in [0.5, 0.6) is 0 Å². The van der Waals surface area contributed by atoms with Crippen LogP contribution in [-0.2, 0) is 11.3 Å². The van der Waals surface area contributed by atoms with Crippen molar-refractivity contribution in [2.45, 2.75) is 51.1 Å². The number of hydrogen-bond acceptors (Lipinski definition) is 4. The molecule has 7 heteroatoms. The van der Waals surface area contributed by atoms with Crippen molar-refractivity contribution in [1.82, 2.24) is 19.9 Å². The van der Waals surface area contributed by atoms with Crippen molar-refractivity contribution in [3.05, 3.63) is 12.4 Å². The molecule has 3 rings (SSSR count). The molecule has 0 radical (unpaired) electrons. The second-order valence-electron chi connectivity index (χ2n) is 6.40. The highest BCUT2D eigenvalue weighted by Gasteiger charge is 2.34. The third kappa shape index (κ3) is 3.98. The Morgan fingerprint density at radius 2 is 1.86 bits per heavy atom. The molecule has 0 spiro atoms. The van der Waals surface area contributed by atoms with E-state index in [1.54, 1.807) is 17.2 Å². The van der Waals surface area contributed by atoms with Crippen LogP contribution in [0.3, 0.4) is 0 Å². The zero-order valence-corrected chi connectivity index (χ0v) is 13.7. The second-order valence-corrected chi connectivity index (χ2v) is 6.40. The standard InChI is InChI=1S/C15H25N5O.ClH/c16-14(6-10-20-17-7-8-18-20)15(21)19-9-5-12-3-1-2-4-13(12)11-19;/h7-8,12-14H,1-6,9-11,16H2;1H/t12-,13+,14?;/m1./s1. The predicted molar refractivity (Wildman–Crippen MR) is 86.5 cm³/mol. The molecule has 22 heavy (non-hydrogen) atoms. The Morgan fingerprint density at radius 3 is 2.59 bits per heavy atom. The van der Waals surface area contributed by atoms with Crippen LogP contribution in [0.25, 0.3) is 0 Å². The molecule has 2 aliphatic rings. The smallest absolute Gasteiger partial charge is 0.239 e. The summed E-state index contributed by atoms with van der Waals surface area (Å²) in [7, 11) is 0. The average Bonchev–Trinajstić information content (AvgIpc) is 3.05. The number of carbonyl (C=O) groups is 1. The molecule has 1 amide bonds. The molecule has 0 aromatic carbocycles. The normalized spacial score (nSPS) is 26.0. The lowest BCUT2D eigenvalue weighted by Crippen LogP contribution is -2.50. The number of halogens is 1. The summed E-state index contributed by atoms with van der Waals surface area (Å²) < 4.78 is 0. The van der Waals surface area contributed by atoms with Crippen LogP contribution in [0.1, 0.15) is 38.5 Å². The Balaban J connectivity index is 0.00000176. The lowest BCUT2D eigenvalue weighted by Gasteiger charge is -2.42. The molecule has 2 heterocycles. The van der Waals surface area contributed by atoms with Gasteiger partial charge >= 0.3 is 0 Å². The maximum absolute atomic E-state index is 12.5. The van der Waals surface area contributed by atoms with Gasteiger partial charge in [0.15, 0.2) is 0 Å². The molecule has 1 saturated heterocycles. The van der Waals surface area contributed by atoms with Crippen LogP contribution in [0.2, 0.25) is 0 Å². The summed E-state index contributed by atoms with van der Waals surface area (Å²) >= 11 is 0. The van der Waals surface area contributed by atoms with E-state index >= 15 is 0 Å². The number of fused-ring (bicyclic) bond motifs is 1. The quantitative estimate of drug-likeness (QED) is 0.908. The number of hydrogen-bond donors (Lipinski definition) is 1. The van der Waals surface area contributed by atoms with Crippen LogP contribution >= 0.6 is 12.4 Å². The van der Waals surface area contributed by atoms with Crippen molar-refractivity contribution < 1.29 is 4.79 Å². The van der Waals surface area contributed by atoms with Crippen molar-refractivity contribution in [3.63, 3.8) is 0 Å². The molecule has 1 aromatic heterocycles. The molecule has 2 fully saturated rings. The molecular weight excluding hydrogens is 302 g/mol. The fourth-order valence-electron chi connectivity index (χ4n) is 3.77. The van der Waals surface area contributed by atoms with E-state index in [1.165, 1.54) is 25.7 Å². The first-order valence-corrected chi connectivity index (χ1v) is 8.12. The number of aryl methyl sites for hydroxylation is 1. The van der Waals surface area contributed by atoms with Crippen LogP contribution in [0, 0.1) is 11.8 Å². The molecule has 0 bridgehead atoms. The van der Waals surface area contributed by atoms with Gasteiger partial charge in [-0.1, -0.05) is 19.3 Å². The summed E-state index contributed by atoms with van der Waals surface area (Å²) in [4.78, 5) is 16.1. The lowest BCUT2D eigenvalue weighted by atomic mass is 9.75. The maximum atomic E-state index is 12.5. The largest absolute Gasteiger partial charge is 0.341 e. The highest BCUT2D eigenvalue weighted by molar-refractivity contribution is 5.85. The van der Waals surface area contributed by atoms with E-state index in [-0.39, 0.29) is 18.3 Å². The van der Waals surface area contributed by atoms with Gasteiger partial charge in [-0.25, -0.2) is 0 Å². The Bertz CT molecular complexity index is 467. The zero-order valence-electron chi connectivity index (χ0n) is 12.9. The average molecular weight is 328 g/mol. The number of rotatable bonds is 4. The first kappa shape index (κ1) is 17.2. The molecule has 124 valence electrons. The van der Waals surface area contributed by atoms with Gasteiger partial charge in [0.05, 0.1) is 25.0 Å². The van der Waals surface area contributed by atoms with E-state index in [9.17, 15) is 4.79 Å². The third-order valence-electron chi connectivity index (χ3n) is 5.03. The summed E-state index contributed by atoms with van der Waals surface area (Å²) in [5.74, 6) is 1.65. The van der Waals surface area contributed by atoms with E-state index in [0.717, 1.165) is 25.4 Å². The van der Waals surface area contributed by atoms with Gasteiger partial charge in [-0.3, -0.25) is 4.79 Å². The summed E-state index contributed by atoms with van der Waals surface area (Å²) in [6.45, 7) is 2.39. The van der Waals surface area contributed by atoms with Crippen molar-refractivity contribution in [2.24, 2.45) is 17.6 Å². The number of likely N-dealkylation sites (tertiary alicyclic amines) is 1. The predicted octanol–water partition coefficient (Wildman–Crippen LogP) is 1.46. The van der Waals surface area contributed by atoms with Crippen molar-refractivity contribution in [2.75, 3.05) is 13.1 Å². The van der Waals surface area contributed by atoms with Crippen molar-refractivity contribution in [1.29, 1.82) is 0 Å². The number of nitrogens with two attached hydrogens (primary N) is 1. The lowest BCUT2D eigenvalue weighted by molar-refractivity contribution is -0.135. The van der Waals surface area contributed by atoms with Crippen LogP contribution < -0.4 is 5.73 Å². The molecule has 6 nitrogen and oxygen atoms in total. The molecular formula is C15H26ClN5O. The number of carbonyl (C=O) groups excluding carboxylic acids is 1. The Hall–Kier alpha value is -1.14. The van der Waals surface area contributed by atoms with E-state index in [2.05, 4.69) is 10.2 Å². The molecule has 1 aliphatic carbocycles. The highest BCUT2D eigenvalue weighted by atomic mass is 35.5. The minimum Gasteiger partial charge on any atom is -0.341 e. The van der Waals surface area contributed by atoms with E-state index < -0.39 is 6.04 Å². The summed E-state index contributed by atoms with van der Waals surface area (Å²) in [5.41, 5.74) is 6.07. The maximum Gasteiger partial charge on any atom is 0.239 e. The van der Waals surface area contributed by atoms with Crippen LogP contribution in [0.15, 0.2) is 12.4 Å². The number of aromatic nitrogens is 3. The Morgan fingerprint density at radius 1 is 1.18 bits per heavy atom. The molecule has 1 aliphatic heterocycles. The summed E-state index contributed by atoms with van der Waals surface area (Å²) in [6, 6.07) is -0.434. The topological polar surface area (TPSA) is 77.0 Å². The van der Waals surface area contributed by atoms with Gasteiger partial charge < -0.3 is 10.6 Å². The van der Waals surface area contributed by atoms with Gasteiger partial charge in [-0.15, -0.1) is 12.4 Å². The first-order valence-electron chi connectivity index (χ1n) is 8.12. The zero-order chi connectivity index (χ0) is 14.7. The fourth-order valence-corrected chi connectivity index (χ4v) is 3.77. The number of piperidine rings is 1. The molecule has 1 unspecified atom stereocenters. The van der Waals surface area contributed by atoms with Gasteiger partial charge in [-0.05, 0) is 31.1 Å². The minimum absolute atomic E-state index is 0. The van der Waals surface area contributed by atoms with Gasteiger partial charge in [0.2, 0.25) is 5.91 Å². The number of amides is 1. The van der Waals surface area contributed by atoms with Gasteiger partial charge in [0.1, 0.15) is 0 Å². The van der Waals surface area contributed by atoms with E-state index in [1.807, 2.05) is 4.90 Å². The van der Waals surface area contributed by atoms with Gasteiger partial charge in [-0.2, -0.15) is 15.0 Å². The molecule has 1 saturated carbocycles. The molecule has 2 N–H and O–H groups in total.